The van der Waals surface area contributed by atoms with Crippen molar-refractivity contribution in [3.05, 3.63) is 0 Å². The summed E-state index contributed by atoms with van der Waals surface area (Å²) in [6, 6.07) is 0. The van der Waals surface area contributed by atoms with Gasteiger partial charge >= 0.3 is 0 Å². The molecule has 0 aromatic heterocycles. The molecule has 0 aliphatic carbocycles. The minimum atomic E-state index is -1.35. The Morgan fingerprint density at radius 1 is 1.08 bits per heavy atom. The van der Waals surface area contributed by atoms with Gasteiger partial charge in [-0.15, -0.1) is 0 Å². The second-order valence-electron chi connectivity index (χ2n) is 4.01. The molecule has 0 aromatic carbocycles. The van der Waals surface area contributed by atoms with E-state index >= 15 is 0 Å². The van der Waals surface area contributed by atoms with Crippen LogP contribution in [0, 0.1) is 0 Å². The van der Waals surface area contributed by atoms with Crippen molar-refractivity contribution >= 4 is 22.5 Å². The summed E-state index contributed by atoms with van der Waals surface area (Å²) in [6.07, 6.45) is 0. The minimum absolute atomic E-state index is 0.0647. The first-order chi connectivity index (χ1) is 5.68. The van der Waals surface area contributed by atoms with Gasteiger partial charge in [0.25, 0.3) is 0 Å². The van der Waals surface area contributed by atoms with Crippen LogP contribution in [-0.4, -0.2) is 47.0 Å². The SMILES string of the molecule is CN=P(C)(C)N=P(C)(C)NP(C)C. The van der Waals surface area contributed by atoms with Gasteiger partial charge in [-0.2, -0.15) is 0 Å². The Morgan fingerprint density at radius 3 is 1.85 bits per heavy atom. The van der Waals surface area contributed by atoms with Gasteiger partial charge in [0, 0.05) is 14.3 Å². The van der Waals surface area contributed by atoms with E-state index in [2.05, 4.69) is 49.6 Å². The lowest BCUT2D eigenvalue weighted by molar-refractivity contribution is 1.46. The lowest BCUT2D eigenvalue weighted by Gasteiger charge is -2.22. The van der Waals surface area contributed by atoms with Crippen molar-refractivity contribution in [3.8, 4) is 0 Å². The molecule has 0 saturated heterocycles. The predicted octanol–water partition coefficient (Wildman–Crippen LogP) is 3.61. The Bertz CT molecular complexity index is 258. The van der Waals surface area contributed by atoms with Crippen LogP contribution in [0.3, 0.4) is 0 Å². The van der Waals surface area contributed by atoms with Gasteiger partial charge in [0.15, 0.2) is 0 Å². The maximum atomic E-state index is 4.86. The van der Waals surface area contributed by atoms with E-state index in [-0.39, 0.29) is 8.07 Å². The first-order valence-electron chi connectivity index (χ1n) is 4.18. The monoisotopic (exact) mass is 241 g/mol. The predicted molar refractivity (Wildman–Crippen MR) is 70.2 cm³/mol. The maximum Gasteiger partial charge on any atom is 0.0678 e. The van der Waals surface area contributed by atoms with Crippen LogP contribution < -0.4 is 4.86 Å². The molecule has 0 saturated carbocycles. The zero-order valence-corrected chi connectivity index (χ0v) is 12.4. The van der Waals surface area contributed by atoms with Gasteiger partial charge in [0.1, 0.15) is 0 Å². The smallest absolute Gasteiger partial charge is 0.0678 e. The molecule has 0 radical (unpaired) electrons. The molecule has 13 heavy (non-hydrogen) atoms. The topological polar surface area (TPSA) is 36.8 Å². The van der Waals surface area contributed by atoms with Crippen molar-refractivity contribution < 1.29 is 0 Å². The Balaban J connectivity index is 4.82. The highest BCUT2D eigenvalue weighted by atomic mass is 31.2. The molecule has 0 fully saturated rings. The highest BCUT2D eigenvalue weighted by molar-refractivity contribution is 7.79. The summed E-state index contributed by atoms with van der Waals surface area (Å²) in [5.41, 5.74) is 0. The van der Waals surface area contributed by atoms with Crippen molar-refractivity contribution in [1.82, 2.24) is 4.86 Å². The van der Waals surface area contributed by atoms with E-state index in [9.17, 15) is 0 Å². The molecule has 0 rings (SSSR count). The van der Waals surface area contributed by atoms with E-state index in [1.54, 1.807) is 0 Å². The van der Waals surface area contributed by atoms with Crippen LogP contribution in [0.4, 0.5) is 0 Å². The number of hydrogen-bond donors (Lipinski definition) is 1. The third kappa shape index (κ3) is 6.86. The van der Waals surface area contributed by atoms with Crippen LogP contribution in [0.1, 0.15) is 0 Å². The van der Waals surface area contributed by atoms with Gasteiger partial charge in [-0.1, -0.05) is 0 Å². The lowest BCUT2D eigenvalue weighted by Crippen LogP contribution is -1.99. The Hall–Kier alpha value is 0.850. The maximum absolute atomic E-state index is 4.86. The molecule has 0 bridgehead atoms. The molecule has 0 unspecified atom stereocenters. The third-order valence-corrected chi connectivity index (χ3v) is 9.45. The first-order valence-corrected chi connectivity index (χ1v) is 11.6. The molecule has 0 amide bonds. The van der Waals surface area contributed by atoms with Crippen LogP contribution in [0.5, 0.6) is 0 Å². The van der Waals surface area contributed by atoms with Crippen LogP contribution in [0.25, 0.3) is 0 Å². The van der Waals surface area contributed by atoms with E-state index in [0.29, 0.717) is 0 Å². The highest BCUT2D eigenvalue weighted by Crippen LogP contribution is 2.56. The van der Waals surface area contributed by atoms with Crippen LogP contribution in [0.15, 0.2) is 9.26 Å². The van der Waals surface area contributed by atoms with Crippen molar-refractivity contribution in [2.24, 2.45) is 9.26 Å². The fourth-order valence-electron chi connectivity index (χ4n) is 1.10. The van der Waals surface area contributed by atoms with E-state index in [0.717, 1.165) is 0 Å². The van der Waals surface area contributed by atoms with E-state index in [4.69, 9.17) is 4.52 Å². The van der Waals surface area contributed by atoms with Gasteiger partial charge in [0.05, 0.1) is 7.21 Å². The summed E-state index contributed by atoms with van der Waals surface area (Å²) in [6.45, 7) is 13.2. The molecule has 3 nitrogen and oxygen atoms in total. The standard InChI is InChI=1S/C7H22N3P3/c1-8-12(4,5)10-13(6,7)9-11(2)3/h9H,1-7H3. The molecule has 0 spiro atoms. The molecule has 0 aliphatic rings. The second-order valence-corrected chi connectivity index (χ2v) is 13.2. The van der Waals surface area contributed by atoms with E-state index in [1.807, 2.05) is 7.05 Å². The quantitative estimate of drug-likeness (QED) is 0.753. The number of hydrogen-bond acceptors (Lipinski definition) is 1. The molecule has 0 aliphatic heterocycles. The molecule has 1 N–H and O–H groups in total. The zero-order chi connectivity index (χ0) is 10.7. The van der Waals surface area contributed by atoms with Crippen molar-refractivity contribution in [1.29, 1.82) is 0 Å². The van der Waals surface area contributed by atoms with Crippen LogP contribution in [0.2, 0.25) is 0 Å². The molecule has 0 heterocycles. The number of rotatable bonds is 3. The summed E-state index contributed by atoms with van der Waals surface area (Å²) >= 11 is 0. The van der Waals surface area contributed by atoms with Gasteiger partial charge in [-0.25, -0.2) is 4.52 Å². The largest absolute Gasteiger partial charge is 0.285 e. The van der Waals surface area contributed by atoms with Crippen molar-refractivity contribution in [3.63, 3.8) is 0 Å². The number of nitrogens with one attached hydrogen (secondary N) is 1. The Morgan fingerprint density at radius 2 is 1.54 bits per heavy atom. The average Bonchev–Trinajstić information content (AvgIpc) is 1.81. The Kier molecular flexibility index (Phi) is 5.41. The summed E-state index contributed by atoms with van der Waals surface area (Å²) in [5.74, 6) is 0. The van der Waals surface area contributed by atoms with Crippen molar-refractivity contribution in [2.75, 3.05) is 47.0 Å². The molecule has 0 atom stereocenters. The van der Waals surface area contributed by atoms with E-state index < -0.39 is 14.4 Å². The molecule has 80 valence electrons. The Labute approximate surface area is 84.1 Å². The lowest BCUT2D eigenvalue weighted by atomic mass is 11.6. The zero-order valence-electron chi connectivity index (χ0n) is 9.74. The van der Waals surface area contributed by atoms with Crippen molar-refractivity contribution in [2.45, 2.75) is 0 Å². The summed E-state index contributed by atoms with van der Waals surface area (Å²) < 4.78 is 9.21. The fraction of sp³-hybridized carbons (Fsp3) is 1.00. The normalized spacial score (nSPS) is 13.2. The van der Waals surface area contributed by atoms with Gasteiger partial charge in [0.2, 0.25) is 0 Å². The molecule has 0 aromatic rings. The fourth-order valence-corrected chi connectivity index (χ4v) is 10.2. The summed E-state index contributed by atoms with van der Waals surface area (Å²) in [7, 11) is -0.823. The summed E-state index contributed by atoms with van der Waals surface area (Å²) in [4.78, 5) is 3.59. The first kappa shape index (κ1) is 13.8. The second kappa shape index (κ2) is 5.08. The van der Waals surface area contributed by atoms with Crippen LogP contribution >= 0.6 is 22.5 Å². The van der Waals surface area contributed by atoms with Crippen LogP contribution in [-0.2, 0) is 0 Å². The molecule has 6 heteroatoms. The summed E-state index contributed by atoms with van der Waals surface area (Å²) in [5, 5.41) is 0. The van der Waals surface area contributed by atoms with Gasteiger partial charge < -0.3 is 0 Å². The molecular formula is C7H22N3P3. The third-order valence-electron chi connectivity index (χ3n) is 1.38. The van der Waals surface area contributed by atoms with Gasteiger partial charge in [-0.3, -0.25) is 9.60 Å². The average molecular weight is 241 g/mol. The van der Waals surface area contributed by atoms with E-state index in [1.165, 1.54) is 0 Å². The number of nitrogens with zero attached hydrogens (tertiary/aromatic N) is 2. The highest BCUT2D eigenvalue weighted by Gasteiger charge is 2.10. The molecular weight excluding hydrogens is 219 g/mol. The minimum Gasteiger partial charge on any atom is -0.285 e. The van der Waals surface area contributed by atoms with Gasteiger partial charge in [-0.05, 0) is 48.1 Å².